The first-order valence-corrected chi connectivity index (χ1v) is 6.18. The molecule has 1 heterocycles. The number of carbonyl (C=O) groups is 1. The molecule has 0 amide bonds. The molecule has 0 bridgehead atoms. The summed E-state index contributed by atoms with van der Waals surface area (Å²) in [7, 11) is 4.05. The molecule has 0 fully saturated rings. The third-order valence-corrected chi connectivity index (χ3v) is 2.61. The fourth-order valence-corrected chi connectivity index (χ4v) is 1.86. The van der Waals surface area contributed by atoms with Crippen LogP contribution in [0.1, 0.15) is 20.3 Å². The topological polar surface area (TPSA) is 23.6 Å². The molecule has 0 N–H and O–H groups in total. The molecular formula is C15H22N2O. The van der Waals surface area contributed by atoms with Crippen LogP contribution in [0.4, 0.5) is 0 Å². The van der Waals surface area contributed by atoms with Gasteiger partial charge in [0.15, 0.2) is 5.78 Å². The first-order valence-electron chi connectivity index (χ1n) is 6.18. The van der Waals surface area contributed by atoms with E-state index in [0.717, 1.165) is 24.2 Å². The van der Waals surface area contributed by atoms with Gasteiger partial charge < -0.3 is 9.80 Å². The van der Waals surface area contributed by atoms with E-state index in [4.69, 9.17) is 0 Å². The number of hydrogen-bond acceptors (Lipinski definition) is 3. The number of nitrogens with zero attached hydrogens (tertiary/aromatic N) is 2. The van der Waals surface area contributed by atoms with E-state index in [2.05, 4.69) is 11.5 Å². The Morgan fingerprint density at radius 3 is 2.61 bits per heavy atom. The number of likely N-dealkylation sites (N-methyl/N-ethyl adjacent to an activating group) is 1. The van der Waals surface area contributed by atoms with Gasteiger partial charge >= 0.3 is 0 Å². The molecule has 0 aromatic rings. The van der Waals surface area contributed by atoms with E-state index < -0.39 is 0 Å². The molecule has 1 rings (SSSR count). The molecule has 0 radical (unpaired) electrons. The lowest BCUT2D eigenvalue weighted by atomic mass is 10.1. The molecule has 1 aliphatic rings. The van der Waals surface area contributed by atoms with Gasteiger partial charge in [-0.15, -0.1) is 0 Å². The second-order valence-corrected chi connectivity index (χ2v) is 4.69. The fraction of sp³-hybridized carbons (Fsp3) is 0.400. The molecule has 0 saturated heterocycles. The Labute approximate surface area is 110 Å². The first-order chi connectivity index (χ1) is 8.45. The van der Waals surface area contributed by atoms with Crippen molar-refractivity contribution in [2.45, 2.75) is 20.3 Å². The van der Waals surface area contributed by atoms with Gasteiger partial charge in [0, 0.05) is 25.4 Å². The highest BCUT2D eigenvalue weighted by Gasteiger charge is 2.16. The van der Waals surface area contributed by atoms with Crippen molar-refractivity contribution in [3.05, 3.63) is 48.0 Å². The third-order valence-electron chi connectivity index (χ3n) is 2.61. The Kier molecular flexibility index (Phi) is 5.10. The minimum absolute atomic E-state index is 0.0637. The standard InChI is InChI=1S/C15H22N2O/c1-6-7-15(13(3)18)17-11-14(10-16(4)5)9-8-12(17)2/h7-9,11H,2,6,10H2,1,3-5H3/b15-7-. The molecule has 98 valence electrons. The highest BCUT2D eigenvalue weighted by Crippen LogP contribution is 2.22. The Hall–Kier alpha value is -1.61. The molecule has 3 heteroatoms. The third kappa shape index (κ3) is 3.70. The zero-order valence-corrected chi connectivity index (χ0v) is 11.7. The summed E-state index contributed by atoms with van der Waals surface area (Å²) < 4.78 is 0. The molecule has 0 aliphatic carbocycles. The fourth-order valence-electron chi connectivity index (χ4n) is 1.86. The molecule has 0 unspecified atom stereocenters. The summed E-state index contributed by atoms with van der Waals surface area (Å²) in [6.45, 7) is 8.44. The number of hydrogen-bond donors (Lipinski definition) is 0. The highest BCUT2D eigenvalue weighted by molar-refractivity contribution is 5.93. The number of ketones is 1. The van der Waals surface area contributed by atoms with Gasteiger partial charge in [0.2, 0.25) is 0 Å². The van der Waals surface area contributed by atoms with Crippen molar-refractivity contribution in [3.8, 4) is 0 Å². The lowest BCUT2D eigenvalue weighted by Crippen LogP contribution is -2.24. The number of carbonyl (C=O) groups excluding carboxylic acids is 1. The van der Waals surface area contributed by atoms with Crippen LogP contribution < -0.4 is 0 Å². The average molecular weight is 246 g/mol. The predicted octanol–water partition coefficient (Wildman–Crippen LogP) is 2.70. The van der Waals surface area contributed by atoms with Gasteiger partial charge in [0.25, 0.3) is 0 Å². The minimum Gasteiger partial charge on any atom is -0.315 e. The van der Waals surface area contributed by atoms with Crippen LogP contribution in [0.2, 0.25) is 0 Å². The van der Waals surface area contributed by atoms with Crippen LogP contribution in [-0.2, 0) is 4.79 Å². The highest BCUT2D eigenvalue weighted by atomic mass is 16.1. The summed E-state index contributed by atoms with van der Waals surface area (Å²) in [5, 5.41) is 0. The summed E-state index contributed by atoms with van der Waals surface area (Å²) in [6, 6.07) is 0. The van der Waals surface area contributed by atoms with E-state index in [1.807, 2.05) is 50.3 Å². The molecule has 0 spiro atoms. The van der Waals surface area contributed by atoms with Crippen LogP contribution in [0.15, 0.2) is 48.0 Å². The maximum atomic E-state index is 11.7. The lowest BCUT2D eigenvalue weighted by Gasteiger charge is -2.27. The lowest BCUT2D eigenvalue weighted by molar-refractivity contribution is -0.114. The molecule has 3 nitrogen and oxygen atoms in total. The van der Waals surface area contributed by atoms with Crippen molar-refractivity contribution in [1.82, 2.24) is 9.80 Å². The summed E-state index contributed by atoms with van der Waals surface area (Å²) in [5.74, 6) is 0.0637. The minimum atomic E-state index is 0.0637. The van der Waals surface area contributed by atoms with Crippen LogP contribution in [0.25, 0.3) is 0 Å². The smallest absolute Gasteiger partial charge is 0.176 e. The molecule has 0 aromatic carbocycles. The molecular weight excluding hydrogens is 224 g/mol. The van der Waals surface area contributed by atoms with Crippen molar-refractivity contribution >= 4 is 5.78 Å². The summed E-state index contributed by atoms with van der Waals surface area (Å²) in [6.07, 6.45) is 8.76. The van der Waals surface area contributed by atoms with E-state index in [9.17, 15) is 4.79 Å². The first kappa shape index (κ1) is 14.5. The summed E-state index contributed by atoms with van der Waals surface area (Å²) in [4.78, 5) is 15.7. The van der Waals surface area contributed by atoms with E-state index in [1.54, 1.807) is 6.92 Å². The van der Waals surface area contributed by atoms with Crippen molar-refractivity contribution in [3.63, 3.8) is 0 Å². The molecule has 0 aromatic heterocycles. The normalized spacial score (nSPS) is 16.3. The Morgan fingerprint density at radius 1 is 1.44 bits per heavy atom. The summed E-state index contributed by atoms with van der Waals surface area (Å²) in [5.41, 5.74) is 2.69. The van der Waals surface area contributed by atoms with Crippen LogP contribution in [0, 0.1) is 0 Å². The maximum absolute atomic E-state index is 11.7. The van der Waals surface area contributed by atoms with E-state index in [0.29, 0.717) is 5.70 Å². The van der Waals surface area contributed by atoms with Gasteiger partial charge in [-0.2, -0.15) is 0 Å². The van der Waals surface area contributed by atoms with Crippen LogP contribution in [-0.4, -0.2) is 36.2 Å². The Balaban J connectivity index is 3.02. The van der Waals surface area contributed by atoms with Crippen LogP contribution >= 0.6 is 0 Å². The molecule has 0 saturated carbocycles. The SMILES string of the molecule is C=C1C=CC(CN(C)C)=CN1/C(=C\CC)C(C)=O. The zero-order valence-electron chi connectivity index (χ0n) is 11.7. The van der Waals surface area contributed by atoms with Gasteiger partial charge in [-0.3, -0.25) is 4.79 Å². The van der Waals surface area contributed by atoms with Gasteiger partial charge in [0.05, 0.1) is 5.70 Å². The van der Waals surface area contributed by atoms with Gasteiger partial charge in [-0.1, -0.05) is 25.7 Å². The zero-order chi connectivity index (χ0) is 13.7. The average Bonchev–Trinajstić information content (AvgIpc) is 2.28. The van der Waals surface area contributed by atoms with E-state index >= 15 is 0 Å². The van der Waals surface area contributed by atoms with Gasteiger partial charge in [0.1, 0.15) is 0 Å². The van der Waals surface area contributed by atoms with Crippen LogP contribution in [0.5, 0.6) is 0 Å². The monoisotopic (exact) mass is 246 g/mol. The summed E-state index contributed by atoms with van der Waals surface area (Å²) >= 11 is 0. The van der Waals surface area contributed by atoms with Crippen molar-refractivity contribution in [1.29, 1.82) is 0 Å². The number of rotatable bonds is 5. The Morgan fingerprint density at radius 2 is 2.11 bits per heavy atom. The van der Waals surface area contributed by atoms with Crippen LogP contribution in [0.3, 0.4) is 0 Å². The second-order valence-electron chi connectivity index (χ2n) is 4.69. The number of Topliss-reactive ketones (excluding diaryl/α,β-unsaturated/α-hetero) is 1. The molecule has 18 heavy (non-hydrogen) atoms. The van der Waals surface area contributed by atoms with Crippen molar-refractivity contribution < 1.29 is 4.79 Å². The maximum Gasteiger partial charge on any atom is 0.176 e. The van der Waals surface area contributed by atoms with Crippen molar-refractivity contribution in [2.24, 2.45) is 0 Å². The second kappa shape index (κ2) is 6.36. The quantitative estimate of drug-likeness (QED) is 0.697. The van der Waals surface area contributed by atoms with E-state index in [-0.39, 0.29) is 5.78 Å². The van der Waals surface area contributed by atoms with E-state index in [1.165, 1.54) is 0 Å². The number of allylic oxidation sites excluding steroid dienone is 3. The van der Waals surface area contributed by atoms with Gasteiger partial charge in [-0.05, 0) is 32.2 Å². The predicted molar refractivity (Wildman–Crippen MR) is 75.8 cm³/mol. The largest absolute Gasteiger partial charge is 0.315 e. The molecule has 0 atom stereocenters. The molecule has 1 aliphatic heterocycles. The van der Waals surface area contributed by atoms with Crippen molar-refractivity contribution in [2.75, 3.05) is 20.6 Å². The van der Waals surface area contributed by atoms with Gasteiger partial charge in [-0.25, -0.2) is 0 Å². The Bertz CT molecular complexity index is 428.